The summed E-state index contributed by atoms with van der Waals surface area (Å²) in [6.07, 6.45) is 2.82. The molecule has 0 saturated heterocycles. The third kappa shape index (κ3) is 6.21. The second-order valence-electron chi connectivity index (χ2n) is 10.3. The number of benzene rings is 2. The first-order valence-corrected chi connectivity index (χ1v) is 16.1. The van der Waals surface area contributed by atoms with Crippen LogP contribution in [0.5, 0.6) is 5.75 Å². The Hall–Kier alpha value is -4.20. The second-order valence-corrected chi connectivity index (χ2v) is 12.3. The number of aryl methyl sites for hydroxylation is 1. The Morgan fingerprint density at radius 1 is 1.16 bits per heavy atom. The van der Waals surface area contributed by atoms with Crippen molar-refractivity contribution in [1.29, 1.82) is 0 Å². The molecule has 1 aliphatic rings. The van der Waals surface area contributed by atoms with Crippen molar-refractivity contribution in [2.75, 3.05) is 30.0 Å². The Balaban J connectivity index is 1.21. The summed E-state index contributed by atoms with van der Waals surface area (Å²) in [7, 11) is 0. The number of hydrogen-bond donors (Lipinski definition) is 2. The molecule has 0 amide bonds. The molecule has 5 aromatic rings. The highest BCUT2D eigenvalue weighted by Crippen LogP contribution is 2.39. The van der Waals surface area contributed by atoms with Crippen molar-refractivity contribution in [3.63, 3.8) is 0 Å². The van der Waals surface area contributed by atoms with Gasteiger partial charge in [0.1, 0.15) is 0 Å². The van der Waals surface area contributed by atoms with E-state index in [-0.39, 0.29) is 31.2 Å². The van der Waals surface area contributed by atoms with E-state index in [9.17, 15) is 9.18 Å². The van der Waals surface area contributed by atoms with E-state index in [0.29, 0.717) is 35.9 Å². The number of hydrogen-bond acceptors (Lipinski definition) is 12. The first-order chi connectivity index (χ1) is 21.4. The molecule has 3 aromatic heterocycles. The average molecular weight is 634 g/mol. The van der Waals surface area contributed by atoms with Gasteiger partial charge in [-0.15, -0.1) is 21.5 Å². The standard InChI is InChI=1S/C31H32FN7O3S2/c1-3-41-29(40)26-25(11-7-15-42-23-13-12-19(17-33)16-21(23)32)44-31(35-26)39-14-6-8-20-18(2)27(37-38-28(20)39)36-30-34-22-9-4-5-10-24(22)43-30/h4-5,9-10,12-13,16H,3,6-8,11,14-15,17,33H2,1-2H3,(H,34,36,37). The summed E-state index contributed by atoms with van der Waals surface area (Å²) in [5.41, 5.74) is 9.60. The third-order valence-electron chi connectivity index (χ3n) is 7.33. The quantitative estimate of drug-likeness (QED) is 0.123. The summed E-state index contributed by atoms with van der Waals surface area (Å²) in [5.74, 6) is 0.668. The number of ether oxygens (including phenoxy) is 2. The van der Waals surface area contributed by atoms with E-state index in [1.165, 1.54) is 17.4 Å². The highest BCUT2D eigenvalue weighted by molar-refractivity contribution is 7.22. The highest BCUT2D eigenvalue weighted by atomic mass is 32.1. The molecule has 44 heavy (non-hydrogen) atoms. The van der Waals surface area contributed by atoms with Crippen LogP contribution in [0.25, 0.3) is 10.2 Å². The number of aromatic nitrogens is 4. The van der Waals surface area contributed by atoms with Crippen molar-refractivity contribution in [1.82, 2.24) is 20.2 Å². The zero-order valence-electron chi connectivity index (χ0n) is 24.4. The lowest BCUT2D eigenvalue weighted by Gasteiger charge is -2.28. The topological polar surface area (TPSA) is 128 Å². The Morgan fingerprint density at radius 3 is 2.82 bits per heavy atom. The normalized spacial score (nSPS) is 12.8. The number of nitrogens with zero attached hydrogens (tertiary/aromatic N) is 5. The monoisotopic (exact) mass is 633 g/mol. The van der Waals surface area contributed by atoms with Crippen LogP contribution in [-0.2, 0) is 24.1 Å². The molecule has 6 rings (SSSR count). The van der Waals surface area contributed by atoms with Gasteiger partial charge >= 0.3 is 5.97 Å². The van der Waals surface area contributed by atoms with Crippen molar-refractivity contribution in [2.45, 2.75) is 46.1 Å². The van der Waals surface area contributed by atoms with Crippen molar-refractivity contribution in [3.05, 3.63) is 75.5 Å². The van der Waals surface area contributed by atoms with Crippen molar-refractivity contribution in [3.8, 4) is 5.75 Å². The zero-order valence-corrected chi connectivity index (χ0v) is 26.1. The zero-order chi connectivity index (χ0) is 30.6. The van der Waals surface area contributed by atoms with Crippen molar-refractivity contribution < 1.29 is 18.7 Å². The lowest BCUT2D eigenvalue weighted by Crippen LogP contribution is -2.27. The van der Waals surface area contributed by atoms with Gasteiger partial charge in [0.2, 0.25) is 0 Å². The number of fused-ring (bicyclic) bond motifs is 2. The number of carbonyl (C=O) groups excluding carboxylic acids is 1. The summed E-state index contributed by atoms with van der Waals surface area (Å²) < 4.78 is 26.4. The van der Waals surface area contributed by atoms with Gasteiger partial charge in [-0.05, 0) is 69.4 Å². The van der Waals surface area contributed by atoms with Crippen LogP contribution in [0.3, 0.4) is 0 Å². The molecule has 0 bridgehead atoms. The Bertz CT molecular complexity index is 1780. The molecule has 10 nitrogen and oxygen atoms in total. The predicted octanol–water partition coefficient (Wildman–Crippen LogP) is 6.47. The summed E-state index contributed by atoms with van der Waals surface area (Å²) >= 11 is 3.00. The van der Waals surface area contributed by atoms with E-state index in [0.717, 1.165) is 50.0 Å². The summed E-state index contributed by atoms with van der Waals surface area (Å²) in [6.45, 7) is 5.28. The smallest absolute Gasteiger partial charge is 0.358 e. The van der Waals surface area contributed by atoms with Crippen LogP contribution < -0.4 is 20.7 Å². The minimum atomic E-state index is -0.468. The Labute approximate surface area is 262 Å². The van der Waals surface area contributed by atoms with E-state index >= 15 is 0 Å². The molecule has 4 heterocycles. The Morgan fingerprint density at radius 2 is 2.02 bits per heavy atom. The van der Waals surface area contributed by atoms with E-state index in [1.807, 2.05) is 36.1 Å². The fraction of sp³-hybridized carbons (Fsp3) is 0.323. The third-order valence-corrected chi connectivity index (χ3v) is 9.42. The van der Waals surface area contributed by atoms with Crippen LogP contribution in [0.15, 0.2) is 42.5 Å². The van der Waals surface area contributed by atoms with E-state index in [2.05, 4.69) is 20.5 Å². The predicted molar refractivity (Wildman–Crippen MR) is 171 cm³/mol. The van der Waals surface area contributed by atoms with Crippen molar-refractivity contribution in [2.24, 2.45) is 5.73 Å². The largest absolute Gasteiger partial charge is 0.491 e. The SMILES string of the molecule is CCOC(=O)c1nc(N2CCCc3c2nnc(Nc2nc4ccccc4s2)c3C)sc1CCCOc1ccc(CN)cc1F. The van der Waals surface area contributed by atoms with Crippen LogP contribution in [0.1, 0.15) is 51.8 Å². The van der Waals surface area contributed by atoms with Gasteiger partial charge in [0, 0.05) is 29.1 Å². The molecule has 0 atom stereocenters. The molecule has 228 valence electrons. The van der Waals surface area contributed by atoms with Gasteiger partial charge in [-0.25, -0.2) is 19.2 Å². The van der Waals surface area contributed by atoms with Crippen LogP contribution in [-0.4, -0.2) is 45.9 Å². The number of nitrogens with one attached hydrogen (secondary N) is 1. The van der Waals surface area contributed by atoms with Gasteiger partial charge < -0.3 is 25.4 Å². The first-order valence-electron chi connectivity index (χ1n) is 14.5. The number of anilines is 4. The molecule has 3 N–H and O–H groups in total. The molecule has 0 aliphatic carbocycles. The number of esters is 1. The molecule has 13 heteroatoms. The van der Waals surface area contributed by atoms with Gasteiger partial charge in [-0.3, -0.25) is 0 Å². The van der Waals surface area contributed by atoms with Crippen LogP contribution >= 0.6 is 22.7 Å². The summed E-state index contributed by atoms with van der Waals surface area (Å²) in [5, 5.41) is 13.9. The minimum Gasteiger partial charge on any atom is -0.491 e. The lowest BCUT2D eigenvalue weighted by atomic mass is 10.0. The molecule has 2 aromatic carbocycles. The number of rotatable bonds is 11. The molecular formula is C31H32FN7O3S2. The fourth-order valence-electron chi connectivity index (χ4n) is 5.10. The fourth-order valence-corrected chi connectivity index (χ4v) is 7.08. The van der Waals surface area contributed by atoms with Gasteiger partial charge in [-0.2, -0.15) is 0 Å². The maximum absolute atomic E-state index is 14.3. The van der Waals surface area contributed by atoms with Crippen molar-refractivity contribution >= 4 is 60.8 Å². The maximum Gasteiger partial charge on any atom is 0.358 e. The Kier molecular flexibility index (Phi) is 8.96. The number of halogens is 1. The molecular weight excluding hydrogens is 602 g/mol. The summed E-state index contributed by atoms with van der Waals surface area (Å²) in [6, 6.07) is 12.7. The van der Waals surface area contributed by atoms with Crippen LogP contribution in [0.2, 0.25) is 0 Å². The molecule has 0 saturated carbocycles. The van der Waals surface area contributed by atoms with E-state index in [1.54, 1.807) is 30.4 Å². The second kappa shape index (κ2) is 13.2. The van der Waals surface area contributed by atoms with Gasteiger partial charge in [0.15, 0.2) is 39.2 Å². The van der Waals surface area contributed by atoms with Crippen LogP contribution in [0, 0.1) is 12.7 Å². The van der Waals surface area contributed by atoms with E-state index < -0.39 is 11.8 Å². The highest BCUT2D eigenvalue weighted by Gasteiger charge is 2.29. The van der Waals surface area contributed by atoms with Gasteiger partial charge in [0.05, 0.1) is 23.4 Å². The number of thiazole rings is 2. The molecule has 0 fully saturated rings. The van der Waals surface area contributed by atoms with Gasteiger partial charge in [-0.1, -0.05) is 29.5 Å². The maximum atomic E-state index is 14.3. The first kappa shape index (κ1) is 29.9. The molecule has 0 spiro atoms. The van der Waals surface area contributed by atoms with Crippen LogP contribution in [0.4, 0.5) is 26.3 Å². The summed E-state index contributed by atoms with van der Waals surface area (Å²) in [4.78, 5) is 25.1. The molecule has 1 aliphatic heterocycles. The number of para-hydroxylation sites is 1. The average Bonchev–Trinajstić information content (AvgIpc) is 3.65. The van der Waals surface area contributed by atoms with Gasteiger partial charge in [0.25, 0.3) is 0 Å². The minimum absolute atomic E-state index is 0.175. The van der Waals surface area contributed by atoms with E-state index in [4.69, 9.17) is 20.2 Å². The molecule has 0 radical (unpaired) electrons. The number of nitrogens with two attached hydrogens (primary N) is 1. The number of carbonyl (C=O) groups is 1. The molecule has 0 unspecified atom stereocenters. The lowest BCUT2D eigenvalue weighted by molar-refractivity contribution is 0.0519.